The molecule has 0 saturated heterocycles. The van der Waals surface area contributed by atoms with E-state index in [4.69, 9.17) is 19.4 Å². The first-order chi connectivity index (χ1) is 32.2. The monoisotopic (exact) mass is 829 g/mol. The van der Waals surface area contributed by atoms with Crippen molar-refractivity contribution in [2.75, 3.05) is 0 Å². The van der Waals surface area contributed by atoms with Crippen LogP contribution in [0, 0.1) is 0 Å². The van der Waals surface area contributed by atoms with Gasteiger partial charge in [-0.3, -0.25) is 0 Å². The quantitative estimate of drug-likeness (QED) is 0.153. The average Bonchev–Trinajstić information content (AvgIpc) is 3.79. The zero-order chi connectivity index (χ0) is 43.1. The van der Waals surface area contributed by atoms with Crippen molar-refractivity contribution in [3.8, 4) is 89.8 Å². The molecule has 4 heteroatoms. The lowest BCUT2D eigenvalue weighted by atomic mass is 9.90. The molecule has 304 valence electrons. The Bertz CT molecular complexity index is 3680. The Kier molecular flexibility index (Phi) is 9.46. The normalized spacial score (nSPS) is 11.4. The van der Waals surface area contributed by atoms with Crippen LogP contribution in [0.5, 0.6) is 0 Å². The minimum atomic E-state index is 0.575. The smallest absolute Gasteiger partial charge is 0.164 e. The van der Waals surface area contributed by atoms with Crippen LogP contribution in [0.2, 0.25) is 0 Å². The van der Waals surface area contributed by atoms with E-state index in [1.807, 2.05) is 18.2 Å². The van der Waals surface area contributed by atoms with Crippen LogP contribution in [0.1, 0.15) is 0 Å². The van der Waals surface area contributed by atoms with Gasteiger partial charge in [-0.15, -0.1) is 0 Å². The van der Waals surface area contributed by atoms with Crippen molar-refractivity contribution in [3.05, 3.63) is 237 Å². The van der Waals surface area contributed by atoms with Gasteiger partial charge in [-0.1, -0.05) is 218 Å². The lowest BCUT2D eigenvalue weighted by Crippen LogP contribution is -2.01. The van der Waals surface area contributed by atoms with Crippen LogP contribution in [0.3, 0.4) is 0 Å². The van der Waals surface area contributed by atoms with Crippen LogP contribution < -0.4 is 0 Å². The number of aromatic nitrogens is 3. The summed E-state index contributed by atoms with van der Waals surface area (Å²) in [6.45, 7) is 0. The minimum absolute atomic E-state index is 0.575. The van der Waals surface area contributed by atoms with Crippen LogP contribution in [0.15, 0.2) is 241 Å². The third-order valence-electron chi connectivity index (χ3n) is 12.4. The predicted octanol–water partition coefficient (Wildman–Crippen LogP) is 16.3. The third kappa shape index (κ3) is 6.95. The summed E-state index contributed by atoms with van der Waals surface area (Å²) in [7, 11) is 0. The van der Waals surface area contributed by atoms with Crippen molar-refractivity contribution < 1.29 is 4.42 Å². The molecule has 4 nitrogen and oxygen atoms in total. The molecule has 0 amide bonds. The average molecular weight is 830 g/mol. The van der Waals surface area contributed by atoms with Crippen molar-refractivity contribution >= 4 is 32.7 Å². The topological polar surface area (TPSA) is 51.8 Å². The van der Waals surface area contributed by atoms with Crippen molar-refractivity contribution in [1.29, 1.82) is 0 Å². The number of hydrogen-bond donors (Lipinski definition) is 0. The molecule has 0 aliphatic carbocycles. The van der Waals surface area contributed by atoms with Gasteiger partial charge in [0.25, 0.3) is 0 Å². The number of benzene rings is 10. The van der Waals surface area contributed by atoms with Crippen LogP contribution in [0.4, 0.5) is 0 Å². The third-order valence-corrected chi connectivity index (χ3v) is 12.4. The molecule has 0 fully saturated rings. The van der Waals surface area contributed by atoms with E-state index < -0.39 is 0 Å². The van der Waals surface area contributed by atoms with Crippen molar-refractivity contribution in [1.82, 2.24) is 15.0 Å². The summed E-state index contributed by atoms with van der Waals surface area (Å²) in [5.41, 5.74) is 15.7. The summed E-state index contributed by atoms with van der Waals surface area (Å²) < 4.78 is 6.89. The van der Waals surface area contributed by atoms with Gasteiger partial charge in [-0.05, 0) is 79.0 Å². The fourth-order valence-electron chi connectivity index (χ4n) is 9.25. The van der Waals surface area contributed by atoms with Gasteiger partial charge in [-0.25, -0.2) is 15.0 Å². The molecule has 0 saturated carbocycles. The number of hydrogen-bond acceptors (Lipinski definition) is 4. The van der Waals surface area contributed by atoms with Gasteiger partial charge in [0.2, 0.25) is 0 Å². The number of rotatable bonds is 8. The van der Waals surface area contributed by atoms with Crippen LogP contribution in [-0.4, -0.2) is 15.0 Å². The highest BCUT2D eigenvalue weighted by molar-refractivity contribution is 6.15. The lowest BCUT2D eigenvalue weighted by Gasteiger charge is -2.14. The number of fused-ring (bicyclic) bond motifs is 4. The Morgan fingerprint density at radius 1 is 0.246 bits per heavy atom. The Morgan fingerprint density at radius 2 is 0.692 bits per heavy atom. The SMILES string of the molecule is c1ccc(-c2ccc(-c3nc(-c4ccc(-c5ccccc5)c5ccccc45)nc(-c4cccc5oc6c(-c7ccc(-c8ccccc8)c(-c8ccccc8)c7)cccc6c45)n3)cc2)cc1. The summed E-state index contributed by atoms with van der Waals surface area (Å²) in [6.07, 6.45) is 0. The van der Waals surface area contributed by atoms with Gasteiger partial charge >= 0.3 is 0 Å². The Labute approximate surface area is 376 Å². The molecule has 2 aromatic heterocycles. The van der Waals surface area contributed by atoms with Gasteiger partial charge in [0, 0.05) is 33.0 Å². The summed E-state index contributed by atoms with van der Waals surface area (Å²) >= 11 is 0. The first kappa shape index (κ1) is 38.0. The van der Waals surface area contributed by atoms with Crippen molar-refractivity contribution in [2.24, 2.45) is 0 Å². The Hall–Kier alpha value is -8.73. The maximum Gasteiger partial charge on any atom is 0.164 e. The maximum atomic E-state index is 6.89. The summed E-state index contributed by atoms with van der Waals surface area (Å²) in [5.74, 6) is 1.77. The molecule has 0 N–H and O–H groups in total. The van der Waals surface area contributed by atoms with Gasteiger partial charge in [0.15, 0.2) is 17.5 Å². The molecule has 0 radical (unpaired) electrons. The van der Waals surface area contributed by atoms with Gasteiger partial charge in [0.1, 0.15) is 11.2 Å². The van der Waals surface area contributed by atoms with Gasteiger partial charge < -0.3 is 4.42 Å². The summed E-state index contributed by atoms with van der Waals surface area (Å²) in [4.78, 5) is 15.9. The molecular formula is C61H39N3O. The number of furan rings is 1. The molecule has 2 heterocycles. The van der Waals surface area contributed by atoms with Crippen LogP contribution in [-0.2, 0) is 0 Å². The standard InChI is InChI=1S/C61H39N3O/c1-5-17-40(18-6-1)41-31-33-45(34-32-41)59-62-60(52-38-37-47(42-19-7-2-8-20-42)50-25-13-14-26-51(50)52)64-61(63-59)54-29-16-30-56-57(54)53-28-15-27-49(58(53)65-56)46-35-36-48(43-21-9-3-10-22-43)55(39-46)44-23-11-4-12-24-44/h1-39H. The fraction of sp³-hybridized carbons (Fsp3) is 0. The molecule has 0 unspecified atom stereocenters. The van der Waals surface area contributed by atoms with E-state index in [2.05, 4.69) is 218 Å². The molecule has 0 aliphatic heterocycles. The molecule has 0 bridgehead atoms. The van der Waals surface area contributed by atoms with Gasteiger partial charge in [0.05, 0.1) is 0 Å². The molecule has 65 heavy (non-hydrogen) atoms. The van der Waals surface area contributed by atoms with E-state index in [1.165, 1.54) is 11.1 Å². The highest BCUT2D eigenvalue weighted by Crippen LogP contribution is 2.43. The van der Waals surface area contributed by atoms with E-state index in [9.17, 15) is 0 Å². The largest absolute Gasteiger partial charge is 0.455 e. The highest BCUT2D eigenvalue weighted by Gasteiger charge is 2.21. The Morgan fingerprint density at radius 3 is 1.37 bits per heavy atom. The summed E-state index contributed by atoms with van der Waals surface area (Å²) in [6, 6.07) is 82.8. The minimum Gasteiger partial charge on any atom is -0.455 e. The van der Waals surface area contributed by atoms with Crippen molar-refractivity contribution in [3.63, 3.8) is 0 Å². The molecule has 10 aromatic carbocycles. The van der Waals surface area contributed by atoms with Crippen LogP contribution in [0.25, 0.3) is 123 Å². The molecule has 0 spiro atoms. The van der Waals surface area contributed by atoms with E-state index >= 15 is 0 Å². The predicted molar refractivity (Wildman–Crippen MR) is 268 cm³/mol. The van der Waals surface area contributed by atoms with Gasteiger partial charge in [-0.2, -0.15) is 0 Å². The maximum absolute atomic E-state index is 6.89. The first-order valence-electron chi connectivity index (χ1n) is 21.9. The van der Waals surface area contributed by atoms with E-state index in [0.29, 0.717) is 17.5 Å². The van der Waals surface area contributed by atoms with E-state index in [-0.39, 0.29) is 0 Å². The van der Waals surface area contributed by atoms with Crippen LogP contribution >= 0.6 is 0 Å². The second kappa shape index (κ2) is 16.2. The second-order valence-corrected chi connectivity index (χ2v) is 16.3. The van der Waals surface area contributed by atoms with E-state index in [0.717, 1.165) is 93.9 Å². The molecule has 0 aliphatic rings. The number of para-hydroxylation sites is 1. The Balaban J connectivity index is 1.04. The zero-order valence-electron chi connectivity index (χ0n) is 35.3. The second-order valence-electron chi connectivity index (χ2n) is 16.3. The molecule has 12 rings (SSSR count). The fourth-order valence-corrected chi connectivity index (χ4v) is 9.25. The highest BCUT2D eigenvalue weighted by atomic mass is 16.3. The molecule has 0 atom stereocenters. The molecular weight excluding hydrogens is 791 g/mol. The van der Waals surface area contributed by atoms with E-state index in [1.54, 1.807) is 0 Å². The first-order valence-corrected chi connectivity index (χ1v) is 21.9. The zero-order valence-corrected chi connectivity index (χ0v) is 35.3. The number of nitrogens with zero attached hydrogens (tertiary/aromatic N) is 3. The summed E-state index contributed by atoms with van der Waals surface area (Å²) in [5, 5.41) is 4.16. The molecule has 12 aromatic rings. The van der Waals surface area contributed by atoms with Crippen molar-refractivity contribution in [2.45, 2.75) is 0 Å². The lowest BCUT2D eigenvalue weighted by molar-refractivity contribution is 0.670.